The molecule has 0 spiro atoms. The van der Waals surface area contributed by atoms with Gasteiger partial charge in [-0.25, -0.2) is 4.98 Å². The zero-order valence-electron chi connectivity index (χ0n) is 53.5. The Morgan fingerprint density at radius 3 is 1.37 bits per heavy atom. The normalized spacial score (nSPS) is 9.36. The maximum Gasteiger partial charge on any atom is 0.126 e. The molecule has 12 N–H and O–H groups in total. The molecule has 444 valence electrons. The molecule has 0 atom stereocenters. The van der Waals surface area contributed by atoms with Crippen LogP contribution >= 0.6 is 0 Å². The predicted molar refractivity (Wildman–Crippen MR) is 373 cm³/mol. The minimum atomic E-state index is 0.619. The van der Waals surface area contributed by atoms with Gasteiger partial charge in [-0.2, -0.15) is 0 Å². The average molecular weight is 1130 g/mol. The van der Waals surface area contributed by atoms with E-state index in [9.17, 15) is 0 Å². The van der Waals surface area contributed by atoms with Crippen molar-refractivity contribution in [3.63, 3.8) is 0 Å². The quantitative estimate of drug-likeness (QED) is 0.0779. The van der Waals surface area contributed by atoms with Crippen molar-refractivity contribution in [1.82, 2.24) is 29.9 Å². The lowest BCUT2D eigenvalue weighted by Gasteiger charge is -2.03. The fourth-order valence-electron chi connectivity index (χ4n) is 8.06. The van der Waals surface area contributed by atoms with Gasteiger partial charge in [-0.1, -0.05) is 162 Å². The summed E-state index contributed by atoms with van der Waals surface area (Å²) in [6, 6.07) is 41.8. The lowest BCUT2D eigenvalue weighted by Crippen LogP contribution is -1.93. The van der Waals surface area contributed by atoms with Crippen molar-refractivity contribution in [1.29, 1.82) is 0 Å². The molecule has 0 aliphatic heterocycles. The van der Waals surface area contributed by atoms with Gasteiger partial charge in [-0.3, -0.25) is 24.9 Å². The third-order valence-electron chi connectivity index (χ3n) is 12.6. The Kier molecular flexibility index (Phi) is 34.5. The molecule has 12 heteroatoms. The van der Waals surface area contributed by atoms with E-state index in [4.69, 9.17) is 34.4 Å². The summed E-state index contributed by atoms with van der Waals surface area (Å²) < 4.78 is 0. The monoisotopic (exact) mass is 1130 g/mol. The number of hydrogen-bond donors (Lipinski definition) is 6. The summed E-state index contributed by atoms with van der Waals surface area (Å²) in [4.78, 5) is 24.7. The maximum absolute atomic E-state index is 5.79. The van der Waals surface area contributed by atoms with E-state index in [2.05, 4.69) is 49.0 Å². The molecule has 0 unspecified atom stereocenters. The first-order valence-electron chi connectivity index (χ1n) is 29.3. The molecule has 12 aromatic rings. The molecule has 0 amide bonds. The van der Waals surface area contributed by atoms with Gasteiger partial charge in [0.2, 0.25) is 0 Å². The molecular weight excluding hydrogens is 1030 g/mol. The Morgan fingerprint density at radius 1 is 0.262 bits per heavy atom. The second kappa shape index (κ2) is 39.9. The molecule has 12 rings (SSSR count). The summed E-state index contributed by atoms with van der Waals surface area (Å²) in [5, 5.41) is 11.5. The summed E-state index contributed by atoms with van der Waals surface area (Å²) in [5.41, 5.74) is 47.2. The summed E-state index contributed by atoms with van der Waals surface area (Å²) in [6.07, 6.45) is 16.1. The fraction of sp³-hybridized carbons (Fsp3) is 0.250. The highest BCUT2D eigenvalue weighted by molar-refractivity contribution is 5.95. The SMILES string of the molecule is CC.CC.CC.CC.CC.CC.Cc1c(N)ccc2ccncc12.Cc1c(N)ccc2cnccc12.Cc1c(N)ccc2ncccc12.Cc1c(N)cnc2ccccc12.Cc1c(N)ncc2ccccc12.Cc1cccc2cncc(N)c12. The van der Waals surface area contributed by atoms with E-state index in [1.54, 1.807) is 37.2 Å². The van der Waals surface area contributed by atoms with Gasteiger partial charge in [0.25, 0.3) is 0 Å². The molecule has 0 bridgehead atoms. The van der Waals surface area contributed by atoms with Crippen molar-refractivity contribution in [3.05, 3.63) is 217 Å². The molecule has 0 aliphatic rings. The van der Waals surface area contributed by atoms with E-state index in [1.807, 2.05) is 252 Å². The number of anilines is 6. The smallest absolute Gasteiger partial charge is 0.126 e. The lowest BCUT2D eigenvalue weighted by molar-refractivity contribution is 1.32. The fourth-order valence-corrected chi connectivity index (χ4v) is 8.06. The van der Waals surface area contributed by atoms with E-state index in [-0.39, 0.29) is 0 Å². The summed E-state index contributed by atoms with van der Waals surface area (Å²) in [6.45, 7) is 36.1. The molecule has 0 fully saturated rings. The molecule has 0 aliphatic carbocycles. The molecule has 0 radical (unpaired) electrons. The van der Waals surface area contributed by atoms with Gasteiger partial charge in [0.05, 0.1) is 34.8 Å². The van der Waals surface area contributed by atoms with Crippen LogP contribution in [0.1, 0.15) is 116 Å². The number of aryl methyl sites for hydroxylation is 6. The number of aromatic nitrogens is 6. The highest BCUT2D eigenvalue weighted by atomic mass is 14.8. The minimum Gasteiger partial charge on any atom is -0.398 e. The number of rotatable bonds is 0. The Labute approximate surface area is 502 Å². The zero-order chi connectivity index (χ0) is 63.3. The van der Waals surface area contributed by atoms with Gasteiger partial charge in [-0.05, 0) is 140 Å². The zero-order valence-corrected chi connectivity index (χ0v) is 53.5. The van der Waals surface area contributed by atoms with Crippen LogP contribution < -0.4 is 34.4 Å². The molecule has 84 heavy (non-hydrogen) atoms. The summed E-state index contributed by atoms with van der Waals surface area (Å²) in [5.74, 6) is 0.619. The Morgan fingerprint density at radius 2 is 0.726 bits per heavy atom. The van der Waals surface area contributed by atoms with Crippen LogP contribution in [0.15, 0.2) is 183 Å². The number of hydrogen-bond acceptors (Lipinski definition) is 12. The van der Waals surface area contributed by atoms with Crippen molar-refractivity contribution in [2.24, 2.45) is 0 Å². The number of nitrogen functional groups attached to an aromatic ring is 6. The van der Waals surface area contributed by atoms with Crippen molar-refractivity contribution < 1.29 is 0 Å². The molecule has 12 nitrogen and oxygen atoms in total. The molecule has 6 aromatic heterocycles. The first kappa shape index (κ1) is 72.6. The highest BCUT2D eigenvalue weighted by Crippen LogP contribution is 2.26. The molecular formula is C72H96N12. The standard InChI is InChI=1S/6C10H10N2.6C2H6/c1-7-9-4-5-12-6-8(9)2-3-10(7)11;1-7-9-6-12-5-4-8(9)2-3-10(7)11;1-7-8-3-2-6-12-10(8)5-4-9(7)11;1-7-3-2-4-8-5-12-6-9(11)10(7)8;1-7-8-4-2-3-5-10(8)12-6-9(7)11;1-7-9-5-3-2-4-8(9)6-12-10(7)11;6*1-2/h5*2-6H,11H2,1H3;2-6H,1H3,(H2,11,12);6*1-2H3. The van der Waals surface area contributed by atoms with Gasteiger partial charge in [0.15, 0.2) is 0 Å². The predicted octanol–water partition coefficient (Wildman–Crippen LogP) is 18.9. The van der Waals surface area contributed by atoms with Crippen LogP contribution in [-0.4, -0.2) is 29.9 Å². The van der Waals surface area contributed by atoms with Gasteiger partial charge < -0.3 is 34.4 Å². The van der Waals surface area contributed by atoms with Crippen molar-refractivity contribution in [3.8, 4) is 0 Å². The summed E-state index contributed by atoms with van der Waals surface area (Å²) in [7, 11) is 0. The molecule has 6 aromatic carbocycles. The largest absolute Gasteiger partial charge is 0.398 e. The van der Waals surface area contributed by atoms with E-state index in [0.29, 0.717) is 5.82 Å². The van der Waals surface area contributed by atoms with Crippen LogP contribution in [0.25, 0.3) is 64.9 Å². The number of nitrogens with zero attached hydrogens (tertiary/aromatic N) is 6. The van der Waals surface area contributed by atoms with Crippen LogP contribution in [0.4, 0.5) is 34.3 Å². The lowest BCUT2D eigenvalue weighted by atomic mass is 10.1. The third-order valence-corrected chi connectivity index (χ3v) is 12.6. The number of benzene rings is 6. The third kappa shape index (κ3) is 20.5. The van der Waals surface area contributed by atoms with Crippen LogP contribution in [0, 0.1) is 41.5 Å². The minimum absolute atomic E-state index is 0.619. The average Bonchev–Trinajstić information content (AvgIpc) is 3.69. The van der Waals surface area contributed by atoms with Crippen molar-refractivity contribution in [2.75, 3.05) is 34.4 Å². The highest BCUT2D eigenvalue weighted by Gasteiger charge is 2.04. The Balaban J connectivity index is 0.000000486. The van der Waals surface area contributed by atoms with E-state index in [1.165, 1.54) is 21.7 Å². The van der Waals surface area contributed by atoms with Crippen LogP contribution in [-0.2, 0) is 0 Å². The number of pyridine rings is 6. The van der Waals surface area contributed by atoms with Crippen molar-refractivity contribution >= 4 is 99.2 Å². The number of para-hydroxylation sites is 1. The molecule has 0 saturated heterocycles. The van der Waals surface area contributed by atoms with Crippen molar-refractivity contribution in [2.45, 2.75) is 125 Å². The second-order valence-electron chi connectivity index (χ2n) is 17.2. The van der Waals surface area contributed by atoms with Gasteiger partial charge >= 0.3 is 0 Å². The topological polar surface area (TPSA) is 233 Å². The summed E-state index contributed by atoms with van der Waals surface area (Å²) >= 11 is 0. The van der Waals surface area contributed by atoms with E-state index in [0.717, 1.165) is 105 Å². The van der Waals surface area contributed by atoms with E-state index >= 15 is 0 Å². The van der Waals surface area contributed by atoms with Crippen LogP contribution in [0.2, 0.25) is 0 Å². The molecule has 6 heterocycles. The van der Waals surface area contributed by atoms with Gasteiger partial charge in [-0.15, -0.1) is 0 Å². The Bertz CT molecular complexity index is 3300. The van der Waals surface area contributed by atoms with Crippen LogP contribution in [0.3, 0.4) is 0 Å². The first-order valence-corrected chi connectivity index (χ1v) is 29.3. The van der Waals surface area contributed by atoms with Crippen LogP contribution in [0.5, 0.6) is 0 Å². The first-order chi connectivity index (χ1) is 40.7. The van der Waals surface area contributed by atoms with Gasteiger partial charge in [0, 0.05) is 98.1 Å². The Hall–Kier alpha value is -9.42. The number of nitrogens with two attached hydrogens (primary N) is 6. The maximum atomic E-state index is 5.79. The molecule has 0 saturated carbocycles. The second-order valence-corrected chi connectivity index (χ2v) is 17.2. The number of fused-ring (bicyclic) bond motifs is 6. The van der Waals surface area contributed by atoms with E-state index < -0.39 is 0 Å². The van der Waals surface area contributed by atoms with Gasteiger partial charge in [0.1, 0.15) is 5.82 Å².